The Balaban J connectivity index is 1.92. The van der Waals surface area contributed by atoms with Gasteiger partial charge in [-0.3, -0.25) is 0 Å². The van der Waals surface area contributed by atoms with Crippen LogP contribution in [-0.2, 0) is 17.6 Å². The van der Waals surface area contributed by atoms with Crippen LogP contribution in [0.1, 0.15) is 42.3 Å². The Kier molecular flexibility index (Phi) is 5.94. The van der Waals surface area contributed by atoms with E-state index in [0.29, 0.717) is 0 Å². The second-order valence-electron chi connectivity index (χ2n) is 5.72. The van der Waals surface area contributed by atoms with E-state index >= 15 is 0 Å². The third kappa shape index (κ3) is 4.93. The summed E-state index contributed by atoms with van der Waals surface area (Å²) in [6.07, 6.45) is 7.27. The highest BCUT2D eigenvalue weighted by molar-refractivity contribution is 7.12. The first-order valence-electron chi connectivity index (χ1n) is 7.70. The first-order valence-corrected chi connectivity index (χ1v) is 8.52. The van der Waals surface area contributed by atoms with Crippen molar-refractivity contribution in [2.75, 3.05) is 19.6 Å². The summed E-state index contributed by atoms with van der Waals surface area (Å²) in [5.41, 5.74) is 1.01. The highest BCUT2D eigenvalue weighted by Gasteiger charge is 2.16. The van der Waals surface area contributed by atoms with E-state index in [1.165, 1.54) is 32.0 Å². The molecule has 1 aliphatic rings. The first kappa shape index (κ1) is 16.2. The van der Waals surface area contributed by atoms with Gasteiger partial charge in [-0.2, -0.15) is 0 Å². The van der Waals surface area contributed by atoms with Crippen LogP contribution in [0.5, 0.6) is 0 Å². The summed E-state index contributed by atoms with van der Waals surface area (Å²) in [5.74, 6) is -0.0463. The van der Waals surface area contributed by atoms with Gasteiger partial charge in [0.05, 0.1) is 15.6 Å². The van der Waals surface area contributed by atoms with Crippen LogP contribution in [0.3, 0.4) is 0 Å². The van der Waals surface area contributed by atoms with Crippen molar-refractivity contribution in [3.05, 3.63) is 21.7 Å². The maximum atomic E-state index is 10.6. The number of rotatable bonds is 6. The number of carboxylic acid groups (broad SMARTS) is 1. The molecular formula is C16H24N2O2S. The standard InChI is InChI=1S/C16H24N2O2S/c1-3-13-14(4-5-16(19)20)21-15(17-13)8-11-18-9-6-12(2)7-10-18/h4-5,12H,3,6-11H2,1-2H3,(H,19,20)/b5-4+. The van der Waals surface area contributed by atoms with Gasteiger partial charge in [-0.05, 0) is 44.3 Å². The van der Waals surface area contributed by atoms with Crippen LogP contribution in [0, 0.1) is 5.92 Å². The number of carbonyl (C=O) groups is 1. The molecule has 1 aromatic heterocycles. The number of aromatic nitrogens is 1. The summed E-state index contributed by atoms with van der Waals surface area (Å²) >= 11 is 1.63. The average molecular weight is 308 g/mol. The Bertz CT molecular complexity index is 502. The zero-order valence-electron chi connectivity index (χ0n) is 12.8. The molecule has 0 unspecified atom stereocenters. The molecule has 2 rings (SSSR count). The molecule has 0 atom stereocenters. The molecule has 0 amide bonds. The quantitative estimate of drug-likeness (QED) is 0.821. The number of hydrogen-bond donors (Lipinski definition) is 1. The Morgan fingerprint density at radius 1 is 1.48 bits per heavy atom. The Hall–Kier alpha value is -1.20. The fraction of sp³-hybridized carbons (Fsp3) is 0.625. The van der Waals surface area contributed by atoms with E-state index in [-0.39, 0.29) is 0 Å². The number of nitrogens with zero attached hydrogens (tertiary/aromatic N) is 2. The zero-order chi connectivity index (χ0) is 15.2. The summed E-state index contributed by atoms with van der Waals surface area (Å²) in [5, 5.41) is 9.85. The Morgan fingerprint density at radius 3 is 2.81 bits per heavy atom. The number of thiazole rings is 1. The topological polar surface area (TPSA) is 53.4 Å². The second-order valence-corrected chi connectivity index (χ2v) is 6.83. The van der Waals surface area contributed by atoms with E-state index in [1.54, 1.807) is 17.4 Å². The molecule has 0 aromatic carbocycles. The average Bonchev–Trinajstić information content (AvgIpc) is 2.87. The van der Waals surface area contributed by atoms with Gasteiger partial charge in [0, 0.05) is 19.0 Å². The van der Waals surface area contributed by atoms with Gasteiger partial charge >= 0.3 is 5.97 Å². The molecule has 116 valence electrons. The molecule has 1 aromatic rings. The van der Waals surface area contributed by atoms with Crippen LogP contribution in [0.2, 0.25) is 0 Å². The number of carboxylic acids is 1. The van der Waals surface area contributed by atoms with E-state index in [1.807, 2.05) is 0 Å². The van der Waals surface area contributed by atoms with E-state index < -0.39 is 5.97 Å². The number of hydrogen-bond acceptors (Lipinski definition) is 4. The molecule has 1 N–H and O–H groups in total. The lowest BCUT2D eigenvalue weighted by molar-refractivity contribution is -0.131. The van der Waals surface area contributed by atoms with E-state index in [0.717, 1.165) is 40.9 Å². The van der Waals surface area contributed by atoms with Crippen molar-refractivity contribution >= 4 is 23.4 Å². The number of aryl methyl sites for hydroxylation is 1. The maximum Gasteiger partial charge on any atom is 0.328 e. The molecule has 21 heavy (non-hydrogen) atoms. The van der Waals surface area contributed by atoms with Crippen molar-refractivity contribution in [1.82, 2.24) is 9.88 Å². The van der Waals surface area contributed by atoms with Crippen molar-refractivity contribution in [2.24, 2.45) is 5.92 Å². The molecule has 0 bridgehead atoms. The van der Waals surface area contributed by atoms with E-state index in [2.05, 4.69) is 23.7 Å². The summed E-state index contributed by atoms with van der Waals surface area (Å²) in [4.78, 5) is 18.8. The lowest BCUT2D eigenvalue weighted by atomic mass is 9.99. The summed E-state index contributed by atoms with van der Waals surface area (Å²) in [6.45, 7) is 7.83. The lowest BCUT2D eigenvalue weighted by Crippen LogP contribution is -2.34. The van der Waals surface area contributed by atoms with Crippen molar-refractivity contribution in [3.8, 4) is 0 Å². The van der Waals surface area contributed by atoms with Gasteiger partial charge in [-0.1, -0.05) is 13.8 Å². The van der Waals surface area contributed by atoms with Crippen LogP contribution in [0.15, 0.2) is 6.08 Å². The summed E-state index contributed by atoms with van der Waals surface area (Å²) in [6, 6.07) is 0. The van der Waals surface area contributed by atoms with Gasteiger partial charge in [-0.15, -0.1) is 11.3 Å². The smallest absolute Gasteiger partial charge is 0.328 e. The maximum absolute atomic E-state index is 10.6. The van der Waals surface area contributed by atoms with Gasteiger partial charge in [0.1, 0.15) is 0 Å². The largest absolute Gasteiger partial charge is 0.478 e. The van der Waals surface area contributed by atoms with E-state index in [4.69, 9.17) is 5.11 Å². The van der Waals surface area contributed by atoms with Crippen LogP contribution in [0.25, 0.3) is 6.08 Å². The predicted octanol–water partition coefficient (Wildman–Crippen LogP) is 3.08. The highest BCUT2D eigenvalue weighted by Crippen LogP contribution is 2.22. The Labute approximate surface area is 130 Å². The zero-order valence-corrected chi connectivity index (χ0v) is 13.7. The van der Waals surface area contributed by atoms with Crippen molar-refractivity contribution < 1.29 is 9.90 Å². The van der Waals surface area contributed by atoms with Crippen LogP contribution in [-0.4, -0.2) is 40.6 Å². The summed E-state index contributed by atoms with van der Waals surface area (Å²) < 4.78 is 0. The summed E-state index contributed by atoms with van der Waals surface area (Å²) in [7, 11) is 0. The molecule has 0 radical (unpaired) electrons. The fourth-order valence-corrected chi connectivity index (χ4v) is 3.64. The molecule has 1 fully saturated rings. The monoisotopic (exact) mass is 308 g/mol. The minimum atomic E-state index is -0.908. The van der Waals surface area contributed by atoms with Crippen molar-refractivity contribution in [1.29, 1.82) is 0 Å². The third-order valence-electron chi connectivity index (χ3n) is 4.00. The second kappa shape index (κ2) is 7.71. The van der Waals surface area contributed by atoms with Gasteiger partial charge in [-0.25, -0.2) is 9.78 Å². The fourth-order valence-electron chi connectivity index (χ4n) is 2.59. The molecule has 2 heterocycles. The molecule has 1 aliphatic heterocycles. The third-order valence-corrected chi connectivity index (χ3v) is 5.12. The number of aliphatic carboxylic acids is 1. The highest BCUT2D eigenvalue weighted by atomic mass is 32.1. The van der Waals surface area contributed by atoms with Crippen LogP contribution >= 0.6 is 11.3 Å². The van der Waals surface area contributed by atoms with Gasteiger partial charge in [0.15, 0.2) is 0 Å². The first-order chi connectivity index (χ1) is 10.1. The van der Waals surface area contributed by atoms with Crippen LogP contribution in [0.4, 0.5) is 0 Å². The van der Waals surface area contributed by atoms with Gasteiger partial charge in [0.2, 0.25) is 0 Å². The van der Waals surface area contributed by atoms with E-state index in [9.17, 15) is 4.79 Å². The SMILES string of the molecule is CCc1nc(CCN2CCC(C)CC2)sc1/C=C/C(=O)O. The number of likely N-dealkylation sites (tertiary alicyclic amines) is 1. The lowest BCUT2D eigenvalue weighted by Gasteiger charge is -2.29. The molecular weight excluding hydrogens is 284 g/mol. The molecule has 4 nitrogen and oxygen atoms in total. The Morgan fingerprint density at radius 2 is 2.19 bits per heavy atom. The normalized spacial score (nSPS) is 17.6. The van der Waals surface area contributed by atoms with Crippen molar-refractivity contribution in [2.45, 2.75) is 39.5 Å². The van der Waals surface area contributed by atoms with Crippen molar-refractivity contribution in [3.63, 3.8) is 0 Å². The predicted molar refractivity (Wildman–Crippen MR) is 86.7 cm³/mol. The number of piperidine rings is 1. The van der Waals surface area contributed by atoms with Gasteiger partial charge < -0.3 is 10.0 Å². The molecule has 0 aliphatic carbocycles. The molecule has 0 saturated carbocycles. The van der Waals surface area contributed by atoms with Crippen LogP contribution < -0.4 is 0 Å². The minimum absolute atomic E-state index is 0.844. The molecule has 5 heteroatoms. The van der Waals surface area contributed by atoms with Gasteiger partial charge in [0.25, 0.3) is 0 Å². The molecule has 0 spiro atoms. The molecule has 1 saturated heterocycles. The minimum Gasteiger partial charge on any atom is -0.478 e.